The number of hydrogen-bond acceptors (Lipinski definition) is 4. The molecule has 0 amide bonds. The molecular formula is C18H20BrNOS3. The molecule has 0 saturated carbocycles. The molecule has 0 bridgehead atoms. The summed E-state index contributed by atoms with van der Waals surface area (Å²) < 4.78 is 17.7. The van der Waals surface area contributed by atoms with E-state index in [4.69, 9.17) is 0 Å². The van der Waals surface area contributed by atoms with Crippen LogP contribution >= 0.6 is 39.5 Å². The molecule has 24 heavy (non-hydrogen) atoms. The second-order valence-corrected chi connectivity index (χ2v) is 10.6. The third-order valence-corrected chi connectivity index (χ3v) is 8.79. The quantitative estimate of drug-likeness (QED) is 0.637. The summed E-state index contributed by atoms with van der Waals surface area (Å²) in [5.41, 5.74) is 2.35. The first-order chi connectivity index (χ1) is 11.6. The van der Waals surface area contributed by atoms with Crippen LogP contribution in [0.1, 0.15) is 23.6 Å². The normalized spacial score (nSPS) is 18.3. The van der Waals surface area contributed by atoms with Crippen molar-refractivity contribution in [3.05, 3.63) is 64.1 Å². The van der Waals surface area contributed by atoms with Gasteiger partial charge >= 0.3 is 0 Å². The van der Waals surface area contributed by atoms with Gasteiger partial charge in [0.25, 0.3) is 0 Å². The zero-order chi connectivity index (χ0) is 16.9. The standard InChI is InChI=1S/C18H20BrNOS3/c1-13-7-9-14(10-8-13)24(21)20-17(18-22-11-4-12-23-18)15-5-2-3-6-16(15)19/h2-3,5-10,17-18,20H,4,11-12H2,1H3/t17-,24+/m1/s1. The summed E-state index contributed by atoms with van der Waals surface area (Å²) in [5, 5.41) is 0. The van der Waals surface area contributed by atoms with E-state index in [9.17, 15) is 4.55 Å². The maximum atomic E-state index is 12.9. The molecule has 0 radical (unpaired) electrons. The van der Waals surface area contributed by atoms with Gasteiger partial charge in [0.1, 0.15) is 0 Å². The average Bonchev–Trinajstić information content (AvgIpc) is 2.61. The predicted molar refractivity (Wildman–Crippen MR) is 111 cm³/mol. The Labute approximate surface area is 164 Å². The van der Waals surface area contributed by atoms with Crippen LogP contribution in [0.5, 0.6) is 0 Å². The molecule has 2 atom stereocenters. The summed E-state index contributed by atoms with van der Waals surface area (Å²) in [6.07, 6.45) is 1.25. The van der Waals surface area contributed by atoms with Crippen molar-refractivity contribution in [1.82, 2.24) is 4.72 Å². The van der Waals surface area contributed by atoms with Gasteiger partial charge in [-0.25, -0.2) is 0 Å². The number of aryl methyl sites for hydroxylation is 1. The molecule has 1 saturated heterocycles. The Bertz CT molecular complexity index is 662. The van der Waals surface area contributed by atoms with E-state index in [1.165, 1.54) is 17.5 Å². The Morgan fingerprint density at radius 2 is 1.79 bits per heavy atom. The van der Waals surface area contributed by atoms with Gasteiger partial charge < -0.3 is 4.55 Å². The van der Waals surface area contributed by atoms with Crippen LogP contribution in [0, 0.1) is 6.92 Å². The lowest BCUT2D eigenvalue weighted by atomic mass is 10.1. The number of rotatable bonds is 5. The van der Waals surface area contributed by atoms with E-state index in [-0.39, 0.29) is 6.04 Å². The Hall–Kier alpha value is -0.110. The zero-order valence-corrected chi connectivity index (χ0v) is 17.4. The second-order valence-electron chi connectivity index (χ2n) is 5.66. The molecule has 2 aromatic rings. The fourth-order valence-corrected chi connectivity index (χ4v) is 7.30. The summed E-state index contributed by atoms with van der Waals surface area (Å²) >= 11 is 6.35. The van der Waals surface area contributed by atoms with Crippen LogP contribution in [-0.2, 0) is 11.4 Å². The second kappa shape index (κ2) is 9.01. The lowest BCUT2D eigenvalue weighted by Gasteiger charge is -2.30. The van der Waals surface area contributed by atoms with E-state index >= 15 is 0 Å². The van der Waals surface area contributed by atoms with Crippen LogP contribution in [0.2, 0.25) is 0 Å². The molecule has 0 aromatic heterocycles. The van der Waals surface area contributed by atoms with Crippen molar-refractivity contribution in [3.8, 4) is 0 Å². The third-order valence-electron chi connectivity index (χ3n) is 3.83. The number of benzene rings is 2. The van der Waals surface area contributed by atoms with Crippen molar-refractivity contribution >= 4 is 50.8 Å². The zero-order valence-electron chi connectivity index (χ0n) is 13.4. The van der Waals surface area contributed by atoms with Gasteiger partial charge in [0, 0.05) is 4.47 Å². The summed E-state index contributed by atoms with van der Waals surface area (Å²) in [6.45, 7) is 2.04. The van der Waals surface area contributed by atoms with Crippen molar-refractivity contribution in [3.63, 3.8) is 0 Å². The topological polar surface area (TPSA) is 35.1 Å². The number of hydrogen-bond donors (Lipinski definition) is 1. The Kier molecular flexibility index (Phi) is 7.01. The molecule has 2 aromatic carbocycles. The van der Waals surface area contributed by atoms with Crippen LogP contribution in [0.15, 0.2) is 57.9 Å². The highest BCUT2D eigenvalue weighted by Crippen LogP contribution is 2.41. The van der Waals surface area contributed by atoms with Gasteiger partial charge in [0.05, 0.1) is 22.0 Å². The Balaban J connectivity index is 1.84. The van der Waals surface area contributed by atoms with E-state index in [2.05, 4.69) is 32.8 Å². The monoisotopic (exact) mass is 441 g/mol. The van der Waals surface area contributed by atoms with E-state index in [1.54, 1.807) is 0 Å². The van der Waals surface area contributed by atoms with Crippen LogP contribution < -0.4 is 4.72 Å². The van der Waals surface area contributed by atoms with Gasteiger partial charge in [-0.3, -0.25) is 0 Å². The molecule has 1 aliphatic rings. The first-order valence-corrected chi connectivity index (χ1v) is 11.9. The van der Waals surface area contributed by atoms with Crippen LogP contribution in [0.4, 0.5) is 0 Å². The maximum Gasteiger partial charge on any atom is 0.173 e. The highest BCUT2D eigenvalue weighted by molar-refractivity contribution is 9.10. The molecule has 1 fully saturated rings. The Morgan fingerprint density at radius 1 is 1.12 bits per heavy atom. The van der Waals surface area contributed by atoms with Gasteiger partial charge in [-0.1, -0.05) is 51.8 Å². The first-order valence-electron chi connectivity index (χ1n) is 7.87. The molecule has 6 heteroatoms. The molecule has 0 unspecified atom stereocenters. The molecule has 128 valence electrons. The fraction of sp³-hybridized carbons (Fsp3) is 0.333. The maximum absolute atomic E-state index is 12.9. The summed E-state index contributed by atoms with van der Waals surface area (Å²) in [7, 11) is 0. The summed E-state index contributed by atoms with van der Waals surface area (Å²) in [6, 6.07) is 16.2. The van der Waals surface area contributed by atoms with Gasteiger partial charge in [-0.15, -0.1) is 28.2 Å². The minimum absolute atomic E-state index is 0.0398. The van der Waals surface area contributed by atoms with E-state index in [0.29, 0.717) is 4.58 Å². The van der Waals surface area contributed by atoms with Crippen LogP contribution in [0.3, 0.4) is 0 Å². The average molecular weight is 442 g/mol. The fourth-order valence-electron chi connectivity index (χ4n) is 2.54. The third kappa shape index (κ3) is 4.74. The van der Waals surface area contributed by atoms with E-state index in [1.807, 2.05) is 66.8 Å². The van der Waals surface area contributed by atoms with Crippen molar-refractivity contribution in [1.29, 1.82) is 0 Å². The van der Waals surface area contributed by atoms with Crippen molar-refractivity contribution in [2.75, 3.05) is 11.5 Å². The highest BCUT2D eigenvalue weighted by Gasteiger charge is 2.31. The van der Waals surface area contributed by atoms with E-state index < -0.39 is 11.4 Å². The molecular weight excluding hydrogens is 422 g/mol. The van der Waals surface area contributed by atoms with Crippen LogP contribution in [0.25, 0.3) is 0 Å². The smallest absolute Gasteiger partial charge is 0.173 e. The molecule has 0 spiro atoms. The number of nitrogens with one attached hydrogen (secondary N) is 1. The molecule has 1 N–H and O–H groups in total. The molecule has 0 aliphatic carbocycles. The minimum Gasteiger partial charge on any atom is -0.593 e. The lowest BCUT2D eigenvalue weighted by Crippen LogP contribution is -2.35. The largest absolute Gasteiger partial charge is 0.593 e. The molecule has 1 aliphatic heterocycles. The SMILES string of the molecule is Cc1ccc([S@+]([O-])N[C@H](c2ccccc2Br)C2SCCCS2)cc1. The lowest BCUT2D eigenvalue weighted by molar-refractivity contribution is 0.563. The van der Waals surface area contributed by atoms with Gasteiger partial charge in [0.2, 0.25) is 0 Å². The van der Waals surface area contributed by atoms with Crippen molar-refractivity contribution in [2.24, 2.45) is 0 Å². The predicted octanol–water partition coefficient (Wildman–Crippen LogP) is 5.31. The van der Waals surface area contributed by atoms with Crippen molar-refractivity contribution < 1.29 is 4.55 Å². The minimum atomic E-state index is -1.23. The Morgan fingerprint density at radius 3 is 2.46 bits per heavy atom. The molecule has 3 rings (SSSR count). The summed E-state index contributed by atoms with van der Waals surface area (Å²) in [5.74, 6) is 2.33. The van der Waals surface area contributed by atoms with Crippen molar-refractivity contribution in [2.45, 2.75) is 28.9 Å². The van der Waals surface area contributed by atoms with Gasteiger partial charge in [0.15, 0.2) is 4.90 Å². The van der Waals surface area contributed by atoms with E-state index in [0.717, 1.165) is 20.9 Å². The summed E-state index contributed by atoms with van der Waals surface area (Å²) in [4.78, 5) is 0.823. The number of thioether (sulfide) groups is 2. The first kappa shape index (κ1) is 18.7. The number of halogens is 1. The molecule has 1 heterocycles. The molecule has 2 nitrogen and oxygen atoms in total. The van der Waals surface area contributed by atoms with Gasteiger partial charge in [-0.2, -0.15) is 0 Å². The van der Waals surface area contributed by atoms with Gasteiger partial charge in [-0.05, 0) is 48.6 Å². The van der Waals surface area contributed by atoms with Crippen LogP contribution in [-0.4, -0.2) is 20.6 Å². The highest BCUT2D eigenvalue weighted by atomic mass is 79.9.